The topological polar surface area (TPSA) is 104 Å². The highest BCUT2D eigenvalue weighted by Crippen LogP contribution is 2.44. The zero-order valence-corrected chi connectivity index (χ0v) is 20.5. The van der Waals surface area contributed by atoms with Crippen LogP contribution in [0.5, 0.6) is 11.5 Å². The van der Waals surface area contributed by atoms with E-state index in [9.17, 15) is 24.6 Å². The lowest BCUT2D eigenvalue weighted by molar-refractivity contribution is -0.141. The average molecular weight is 476 g/mol. The summed E-state index contributed by atoms with van der Waals surface area (Å²) in [6.45, 7) is 7.20. The summed E-state index contributed by atoms with van der Waals surface area (Å²) in [4.78, 5) is 40.6. The van der Waals surface area contributed by atoms with Crippen LogP contribution in [-0.2, 0) is 9.53 Å². The van der Waals surface area contributed by atoms with E-state index in [-0.39, 0.29) is 28.8 Å². The van der Waals surface area contributed by atoms with Crippen molar-refractivity contribution >= 4 is 28.9 Å². The van der Waals surface area contributed by atoms with Gasteiger partial charge in [-0.05, 0) is 45.9 Å². The van der Waals surface area contributed by atoms with Gasteiger partial charge in [-0.3, -0.25) is 9.59 Å². The number of allylic oxidation sites excluding steroid dienone is 3. The number of hydrogen-bond donors (Lipinski definition) is 2. The molecule has 0 bridgehead atoms. The summed E-state index contributed by atoms with van der Waals surface area (Å²) in [5.74, 6) is -2.85. The van der Waals surface area contributed by atoms with Gasteiger partial charge in [0.2, 0.25) is 0 Å². The van der Waals surface area contributed by atoms with Crippen LogP contribution < -0.4 is 4.90 Å². The smallest absolute Gasteiger partial charge is 0.331 e. The molecule has 0 amide bonds. The minimum Gasteiger partial charge on any atom is -0.507 e. The van der Waals surface area contributed by atoms with Gasteiger partial charge in [0.05, 0.1) is 16.8 Å². The molecule has 0 radical (unpaired) electrons. The van der Waals surface area contributed by atoms with Crippen molar-refractivity contribution in [2.75, 3.05) is 11.9 Å². The van der Waals surface area contributed by atoms with Gasteiger partial charge < -0.3 is 19.8 Å². The molecule has 0 heterocycles. The summed E-state index contributed by atoms with van der Waals surface area (Å²) in [7, 11) is 1.67. The standard InChI is InChI=1S/C28H29NO6/c1-16(2)11-12-23(35-24(32)13-17(3)4)19-14-21(30)25-22(31)15-20(28(34)26(25)27(19)33)29(5)18-9-7-6-8-10-18/h6-11,13-15,23,31,34H,12H2,1-5H3. The number of para-hydroxylation sites is 1. The second kappa shape index (κ2) is 10.4. The molecule has 0 saturated carbocycles. The van der Waals surface area contributed by atoms with Crippen LogP contribution in [-0.4, -0.2) is 40.9 Å². The van der Waals surface area contributed by atoms with Crippen LogP contribution in [0.4, 0.5) is 11.4 Å². The summed E-state index contributed by atoms with van der Waals surface area (Å²) >= 11 is 0. The van der Waals surface area contributed by atoms with E-state index >= 15 is 0 Å². The molecule has 7 nitrogen and oxygen atoms in total. The normalized spacial score (nSPS) is 13.3. The number of carbonyl (C=O) groups excluding carboxylic acids is 3. The van der Waals surface area contributed by atoms with Gasteiger partial charge in [0.15, 0.2) is 17.3 Å². The average Bonchev–Trinajstić information content (AvgIpc) is 2.79. The van der Waals surface area contributed by atoms with Crippen LogP contribution in [0.15, 0.2) is 71.3 Å². The number of nitrogens with zero attached hydrogens (tertiary/aromatic N) is 1. The quantitative estimate of drug-likeness (QED) is 0.239. The molecule has 1 aliphatic rings. The third-order valence-corrected chi connectivity index (χ3v) is 5.54. The highest BCUT2D eigenvalue weighted by Gasteiger charge is 2.37. The number of ketones is 2. The lowest BCUT2D eigenvalue weighted by Crippen LogP contribution is -2.29. The van der Waals surface area contributed by atoms with E-state index in [4.69, 9.17) is 4.74 Å². The fourth-order valence-corrected chi connectivity index (χ4v) is 3.82. The molecule has 2 aromatic rings. The fraction of sp³-hybridized carbons (Fsp3) is 0.250. The number of carbonyl (C=O) groups is 3. The van der Waals surface area contributed by atoms with Crippen molar-refractivity contribution < 1.29 is 29.3 Å². The summed E-state index contributed by atoms with van der Waals surface area (Å²) in [5, 5.41) is 21.8. The first-order chi connectivity index (χ1) is 16.5. The third kappa shape index (κ3) is 5.51. The first-order valence-corrected chi connectivity index (χ1v) is 11.2. The Bertz CT molecular complexity index is 1260. The number of Topliss-reactive ketones (excluding diaryl/α,β-unsaturated/α-hetero) is 1. The molecule has 2 N–H and O–H groups in total. The van der Waals surface area contributed by atoms with Gasteiger partial charge in [0.25, 0.3) is 0 Å². The summed E-state index contributed by atoms with van der Waals surface area (Å²) in [5.41, 5.74) is 1.85. The molecule has 0 fully saturated rings. The van der Waals surface area contributed by atoms with Crippen LogP contribution in [0.25, 0.3) is 0 Å². The number of rotatable bonds is 7. The van der Waals surface area contributed by atoms with Crippen molar-refractivity contribution in [3.05, 3.63) is 82.5 Å². The van der Waals surface area contributed by atoms with Gasteiger partial charge in [-0.2, -0.15) is 0 Å². The maximum atomic E-state index is 13.6. The van der Waals surface area contributed by atoms with Crippen LogP contribution in [0.2, 0.25) is 0 Å². The Morgan fingerprint density at radius 3 is 2.29 bits per heavy atom. The second-order valence-corrected chi connectivity index (χ2v) is 8.87. The second-order valence-electron chi connectivity index (χ2n) is 8.87. The van der Waals surface area contributed by atoms with Crippen molar-refractivity contribution in [1.29, 1.82) is 0 Å². The van der Waals surface area contributed by atoms with Crippen LogP contribution in [0.1, 0.15) is 54.8 Å². The van der Waals surface area contributed by atoms with Gasteiger partial charge in [-0.1, -0.05) is 35.4 Å². The predicted octanol–water partition coefficient (Wildman–Crippen LogP) is 5.41. The summed E-state index contributed by atoms with van der Waals surface area (Å²) in [6, 6.07) is 10.3. The predicted molar refractivity (Wildman–Crippen MR) is 134 cm³/mol. The molecule has 1 atom stereocenters. The molecular weight excluding hydrogens is 446 g/mol. The molecule has 1 aliphatic carbocycles. The molecule has 0 aromatic heterocycles. The SMILES string of the molecule is CC(C)=CCC(OC(=O)C=C(C)C)C1=CC(=O)c2c(O)cc(N(C)c3ccccc3)c(O)c2C1=O. The zero-order valence-electron chi connectivity index (χ0n) is 20.5. The molecule has 2 aromatic carbocycles. The van der Waals surface area contributed by atoms with Gasteiger partial charge in [-0.15, -0.1) is 0 Å². The van der Waals surface area contributed by atoms with Gasteiger partial charge in [0.1, 0.15) is 11.9 Å². The number of aromatic hydroxyl groups is 2. The van der Waals surface area contributed by atoms with E-state index < -0.39 is 35.1 Å². The largest absolute Gasteiger partial charge is 0.507 e. The number of anilines is 2. The van der Waals surface area contributed by atoms with Gasteiger partial charge >= 0.3 is 5.97 Å². The maximum Gasteiger partial charge on any atom is 0.331 e. The summed E-state index contributed by atoms with van der Waals surface area (Å²) in [6.07, 6.45) is 3.29. The van der Waals surface area contributed by atoms with E-state index in [1.165, 1.54) is 12.1 Å². The minimum absolute atomic E-state index is 0.0651. The van der Waals surface area contributed by atoms with E-state index in [0.717, 1.165) is 17.2 Å². The van der Waals surface area contributed by atoms with Gasteiger partial charge in [0, 0.05) is 36.9 Å². The Hall–Kier alpha value is -4.13. The molecule has 1 unspecified atom stereocenters. The van der Waals surface area contributed by atoms with E-state index in [0.29, 0.717) is 5.69 Å². The van der Waals surface area contributed by atoms with Crippen molar-refractivity contribution in [3.63, 3.8) is 0 Å². The van der Waals surface area contributed by atoms with Crippen LogP contribution in [0.3, 0.4) is 0 Å². The fourth-order valence-electron chi connectivity index (χ4n) is 3.82. The zero-order chi connectivity index (χ0) is 25.9. The third-order valence-electron chi connectivity index (χ3n) is 5.54. The highest BCUT2D eigenvalue weighted by atomic mass is 16.5. The Balaban J connectivity index is 2.10. The number of phenolic OH excluding ortho intramolecular Hbond substituents is 2. The number of phenols is 2. The van der Waals surface area contributed by atoms with Crippen molar-refractivity contribution in [1.82, 2.24) is 0 Å². The van der Waals surface area contributed by atoms with Crippen molar-refractivity contribution in [3.8, 4) is 11.5 Å². The molecule has 7 heteroatoms. The Morgan fingerprint density at radius 1 is 1.03 bits per heavy atom. The number of esters is 1. The number of benzene rings is 2. The molecule has 182 valence electrons. The molecule has 0 spiro atoms. The van der Waals surface area contributed by atoms with Crippen molar-refractivity contribution in [2.45, 2.75) is 40.2 Å². The highest BCUT2D eigenvalue weighted by molar-refractivity contribution is 6.27. The number of hydrogen-bond acceptors (Lipinski definition) is 7. The van der Waals surface area contributed by atoms with E-state index in [2.05, 4.69) is 0 Å². The molecule has 35 heavy (non-hydrogen) atoms. The maximum absolute atomic E-state index is 13.6. The number of ether oxygens (including phenoxy) is 1. The Kier molecular flexibility index (Phi) is 7.59. The lowest BCUT2D eigenvalue weighted by Gasteiger charge is -2.26. The van der Waals surface area contributed by atoms with E-state index in [1.807, 2.05) is 32.0 Å². The van der Waals surface area contributed by atoms with Crippen LogP contribution in [0, 0.1) is 0 Å². The number of fused-ring (bicyclic) bond motifs is 1. The molecule has 3 rings (SSSR count). The monoisotopic (exact) mass is 475 g/mol. The molecular formula is C28H29NO6. The van der Waals surface area contributed by atoms with Gasteiger partial charge in [-0.25, -0.2) is 4.79 Å². The Morgan fingerprint density at radius 2 is 1.69 bits per heavy atom. The minimum atomic E-state index is -1.05. The van der Waals surface area contributed by atoms with E-state index in [1.54, 1.807) is 44.0 Å². The first-order valence-electron chi connectivity index (χ1n) is 11.2. The Labute approximate surface area is 204 Å². The molecule has 0 saturated heterocycles. The van der Waals surface area contributed by atoms with Crippen LogP contribution >= 0.6 is 0 Å². The summed E-state index contributed by atoms with van der Waals surface area (Å²) < 4.78 is 5.55. The lowest BCUT2D eigenvalue weighted by atomic mass is 9.84. The van der Waals surface area contributed by atoms with Crippen molar-refractivity contribution in [2.24, 2.45) is 0 Å². The first kappa shape index (κ1) is 25.5. The molecule has 0 aliphatic heterocycles.